The van der Waals surface area contributed by atoms with Crippen LogP contribution in [-0.2, 0) is 0 Å². The number of carbonyl (C=O) groups is 1. The number of hydrogen-bond donors (Lipinski definition) is 1. The molecule has 1 aliphatic carbocycles. The first-order chi connectivity index (χ1) is 6.59. The lowest BCUT2D eigenvalue weighted by molar-refractivity contribution is 0.0930. The Morgan fingerprint density at radius 1 is 1.57 bits per heavy atom. The zero-order valence-corrected chi connectivity index (χ0v) is 9.47. The zero-order chi connectivity index (χ0) is 10.2. The molecule has 0 saturated heterocycles. The number of nitrogens with one attached hydrogen (secondary N) is 1. The molecule has 0 radical (unpaired) electrons. The second-order valence-corrected chi connectivity index (χ2v) is 4.79. The van der Waals surface area contributed by atoms with Gasteiger partial charge >= 0.3 is 0 Å². The van der Waals surface area contributed by atoms with E-state index in [1.54, 1.807) is 12.3 Å². The highest BCUT2D eigenvalue weighted by Crippen LogP contribution is 2.34. The second-order valence-electron chi connectivity index (χ2n) is 3.88. The summed E-state index contributed by atoms with van der Waals surface area (Å²) in [6.07, 6.45) is 3.76. The number of halogens is 1. The third-order valence-electron chi connectivity index (χ3n) is 2.38. The van der Waals surface area contributed by atoms with Gasteiger partial charge in [-0.25, -0.2) is 4.98 Å². The minimum absolute atomic E-state index is 0.0197. The number of nitrogens with zero attached hydrogens (tertiary/aromatic N) is 1. The molecule has 4 heteroatoms. The molecule has 14 heavy (non-hydrogen) atoms. The van der Waals surface area contributed by atoms with Crippen LogP contribution in [0.15, 0.2) is 22.8 Å². The average Bonchev–Trinajstić information content (AvgIpc) is 2.84. The van der Waals surface area contributed by atoms with E-state index in [4.69, 9.17) is 0 Å². The smallest absolute Gasteiger partial charge is 0.270 e. The summed E-state index contributed by atoms with van der Waals surface area (Å²) in [5.74, 6) is -0.0856. The van der Waals surface area contributed by atoms with E-state index >= 15 is 0 Å². The summed E-state index contributed by atoms with van der Waals surface area (Å²) < 4.78 is 0.881. The van der Waals surface area contributed by atoms with Gasteiger partial charge in [-0.3, -0.25) is 4.79 Å². The molecule has 1 aliphatic rings. The Morgan fingerprint density at radius 2 is 2.29 bits per heavy atom. The van der Waals surface area contributed by atoms with Gasteiger partial charge < -0.3 is 5.32 Å². The molecule has 3 nitrogen and oxygen atoms in total. The van der Waals surface area contributed by atoms with Crippen molar-refractivity contribution >= 4 is 21.8 Å². The minimum Gasteiger partial charge on any atom is -0.346 e. The molecule has 0 unspecified atom stereocenters. The Hall–Kier alpha value is -0.900. The van der Waals surface area contributed by atoms with Crippen LogP contribution in [0.2, 0.25) is 0 Å². The molecule has 1 amide bonds. The fraction of sp³-hybridized carbons (Fsp3) is 0.400. The van der Waals surface area contributed by atoms with Crippen LogP contribution in [0.1, 0.15) is 30.3 Å². The normalized spacial score (nSPS) is 17.6. The monoisotopic (exact) mass is 254 g/mol. The summed E-state index contributed by atoms with van der Waals surface area (Å²) in [4.78, 5) is 15.7. The first kappa shape index (κ1) is 9.65. The van der Waals surface area contributed by atoms with Gasteiger partial charge in [0.15, 0.2) is 0 Å². The maximum absolute atomic E-state index is 11.6. The lowest BCUT2D eigenvalue weighted by Gasteiger charge is -2.10. The van der Waals surface area contributed by atoms with E-state index in [9.17, 15) is 4.79 Å². The summed E-state index contributed by atoms with van der Waals surface area (Å²) in [5.41, 5.74) is 0.493. The summed E-state index contributed by atoms with van der Waals surface area (Å²) in [6.45, 7) is 2.05. The first-order valence-corrected chi connectivity index (χ1v) is 5.32. The van der Waals surface area contributed by atoms with Gasteiger partial charge in [-0.1, -0.05) is 0 Å². The molecule has 1 N–H and O–H groups in total. The van der Waals surface area contributed by atoms with E-state index in [0.29, 0.717) is 5.69 Å². The molecule has 0 spiro atoms. The summed E-state index contributed by atoms with van der Waals surface area (Å²) in [7, 11) is 0. The third-order valence-corrected chi connectivity index (χ3v) is 2.84. The van der Waals surface area contributed by atoms with Crippen molar-refractivity contribution in [2.45, 2.75) is 25.3 Å². The van der Waals surface area contributed by atoms with Crippen molar-refractivity contribution in [3.05, 3.63) is 28.5 Å². The molecular weight excluding hydrogens is 244 g/mol. The molecule has 0 aromatic carbocycles. The van der Waals surface area contributed by atoms with Gasteiger partial charge in [0.1, 0.15) is 5.69 Å². The highest BCUT2D eigenvalue weighted by molar-refractivity contribution is 9.10. The van der Waals surface area contributed by atoms with E-state index in [2.05, 4.69) is 26.2 Å². The minimum atomic E-state index is -0.0856. The van der Waals surface area contributed by atoms with Gasteiger partial charge in [-0.2, -0.15) is 0 Å². The second kappa shape index (κ2) is 3.35. The van der Waals surface area contributed by atoms with Crippen LogP contribution in [-0.4, -0.2) is 16.4 Å². The molecule has 0 atom stereocenters. The molecule has 1 aromatic rings. The Morgan fingerprint density at radius 3 is 2.79 bits per heavy atom. The van der Waals surface area contributed by atoms with Crippen LogP contribution in [0.5, 0.6) is 0 Å². The van der Waals surface area contributed by atoms with Gasteiger partial charge in [0.25, 0.3) is 5.91 Å². The van der Waals surface area contributed by atoms with E-state index in [1.807, 2.05) is 13.0 Å². The van der Waals surface area contributed by atoms with Crippen molar-refractivity contribution < 1.29 is 4.79 Å². The average molecular weight is 255 g/mol. The van der Waals surface area contributed by atoms with Crippen LogP contribution < -0.4 is 5.32 Å². The fourth-order valence-electron chi connectivity index (χ4n) is 1.16. The largest absolute Gasteiger partial charge is 0.346 e. The molecule has 0 aliphatic heterocycles. The zero-order valence-electron chi connectivity index (χ0n) is 7.88. The van der Waals surface area contributed by atoms with Crippen LogP contribution in [0.25, 0.3) is 0 Å². The number of hydrogen-bond acceptors (Lipinski definition) is 2. The maximum Gasteiger partial charge on any atom is 0.270 e. The number of aromatic nitrogens is 1. The molecule has 1 saturated carbocycles. The first-order valence-electron chi connectivity index (χ1n) is 4.53. The van der Waals surface area contributed by atoms with Crippen LogP contribution in [0, 0.1) is 0 Å². The summed E-state index contributed by atoms with van der Waals surface area (Å²) >= 11 is 3.27. The predicted molar refractivity (Wildman–Crippen MR) is 57.0 cm³/mol. The van der Waals surface area contributed by atoms with Crippen molar-refractivity contribution in [3.63, 3.8) is 0 Å². The Balaban J connectivity index is 2.07. The Labute approximate surface area is 91.0 Å². The van der Waals surface area contributed by atoms with E-state index < -0.39 is 0 Å². The standard InChI is InChI=1S/C10H11BrN2O/c1-10(4-5-10)13-9(14)8-3-2-7(11)6-12-8/h2-3,6H,4-5H2,1H3,(H,13,14). The summed E-state index contributed by atoms with van der Waals surface area (Å²) in [6, 6.07) is 3.53. The SMILES string of the molecule is CC1(NC(=O)c2ccc(Br)cn2)CC1. The van der Waals surface area contributed by atoms with Crippen molar-refractivity contribution in [1.82, 2.24) is 10.3 Å². The van der Waals surface area contributed by atoms with Gasteiger partial charge in [0, 0.05) is 16.2 Å². The van der Waals surface area contributed by atoms with Gasteiger partial charge in [-0.05, 0) is 47.8 Å². The van der Waals surface area contributed by atoms with Crippen molar-refractivity contribution in [2.24, 2.45) is 0 Å². The fourth-order valence-corrected chi connectivity index (χ4v) is 1.40. The van der Waals surface area contributed by atoms with Crippen molar-refractivity contribution in [2.75, 3.05) is 0 Å². The maximum atomic E-state index is 11.6. The molecule has 1 heterocycles. The molecule has 2 rings (SSSR count). The number of carbonyl (C=O) groups excluding carboxylic acids is 1. The third kappa shape index (κ3) is 2.12. The highest BCUT2D eigenvalue weighted by atomic mass is 79.9. The van der Waals surface area contributed by atoms with E-state index in [1.165, 1.54) is 0 Å². The molecule has 0 bridgehead atoms. The van der Waals surface area contributed by atoms with Gasteiger partial charge in [-0.15, -0.1) is 0 Å². The van der Waals surface area contributed by atoms with Gasteiger partial charge in [0.2, 0.25) is 0 Å². The van der Waals surface area contributed by atoms with E-state index in [-0.39, 0.29) is 11.4 Å². The quantitative estimate of drug-likeness (QED) is 0.879. The lowest BCUT2D eigenvalue weighted by Crippen LogP contribution is -2.34. The van der Waals surface area contributed by atoms with Gasteiger partial charge in [0.05, 0.1) is 0 Å². The summed E-state index contributed by atoms with van der Waals surface area (Å²) in [5, 5.41) is 2.95. The molecular formula is C10H11BrN2O. The van der Waals surface area contributed by atoms with Crippen molar-refractivity contribution in [1.29, 1.82) is 0 Å². The highest BCUT2D eigenvalue weighted by Gasteiger charge is 2.38. The number of amides is 1. The van der Waals surface area contributed by atoms with Crippen LogP contribution in [0.3, 0.4) is 0 Å². The Bertz CT molecular complexity index is 357. The molecule has 1 fully saturated rings. The number of rotatable bonds is 2. The predicted octanol–water partition coefficient (Wildman–Crippen LogP) is 2.13. The molecule has 1 aromatic heterocycles. The topological polar surface area (TPSA) is 42.0 Å². The van der Waals surface area contributed by atoms with Crippen LogP contribution in [0.4, 0.5) is 0 Å². The Kier molecular flexibility index (Phi) is 2.31. The lowest BCUT2D eigenvalue weighted by atomic mass is 10.3. The van der Waals surface area contributed by atoms with E-state index in [0.717, 1.165) is 17.3 Å². The van der Waals surface area contributed by atoms with Crippen LogP contribution >= 0.6 is 15.9 Å². The number of pyridine rings is 1. The molecule has 74 valence electrons. The van der Waals surface area contributed by atoms with Crippen molar-refractivity contribution in [3.8, 4) is 0 Å².